The van der Waals surface area contributed by atoms with Crippen molar-refractivity contribution in [1.29, 1.82) is 0 Å². The molecule has 6 heteroatoms. The predicted octanol–water partition coefficient (Wildman–Crippen LogP) is 0.959. The maximum Gasteiger partial charge on any atom is 0.240 e. The molecule has 0 saturated heterocycles. The first-order valence-corrected chi connectivity index (χ1v) is 6.94. The molecule has 1 saturated carbocycles. The van der Waals surface area contributed by atoms with Gasteiger partial charge in [0, 0.05) is 18.4 Å². The standard InChI is InChI=1S/C14H22N4O2/c1-9(2)12(15)14(19)18(10-4-5-10)8-11-13(20-3)17-7-6-16-11/h6-7,9-10,12H,4-5,8,15H2,1-3H3. The molecule has 20 heavy (non-hydrogen) atoms. The highest BCUT2D eigenvalue weighted by atomic mass is 16.5. The van der Waals surface area contributed by atoms with Gasteiger partial charge in [-0.2, -0.15) is 0 Å². The van der Waals surface area contributed by atoms with Gasteiger partial charge in [-0.3, -0.25) is 9.78 Å². The molecule has 1 aromatic heterocycles. The van der Waals surface area contributed by atoms with Gasteiger partial charge in [0.25, 0.3) is 0 Å². The topological polar surface area (TPSA) is 81.3 Å². The molecule has 1 aliphatic rings. The third-order valence-electron chi connectivity index (χ3n) is 3.52. The van der Waals surface area contributed by atoms with Crippen LogP contribution in [0.5, 0.6) is 5.88 Å². The second-order valence-electron chi connectivity index (χ2n) is 5.48. The molecular formula is C14H22N4O2. The molecule has 0 aliphatic heterocycles. The summed E-state index contributed by atoms with van der Waals surface area (Å²) < 4.78 is 5.19. The number of ether oxygens (including phenoxy) is 1. The lowest BCUT2D eigenvalue weighted by molar-refractivity contribution is -0.134. The van der Waals surface area contributed by atoms with E-state index in [-0.39, 0.29) is 17.9 Å². The molecule has 1 unspecified atom stereocenters. The van der Waals surface area contributed by atoms with Crippen LogP contribution in [-0.2, 0) is 11.3 Å². The van der Waals surface area contributed by atoms with E-state index in [9.17, 15) is 4.79 Å². The van der Waals surface area contributed by atoms with Gasteiger partial charge in [-0.05, 0) is 18.8 Å². The fourth-order valence-electron chi connectivity index (χ4n) is 2.04. The zero-order valence-corrected chi connectivity index (χ0v) is 12.2. The van der Waals surface area contributed by atoms with E-state index >= 15 is 0 Å². The van der Waals surface area contributed by atoms with Gasteiger partial charge in [-0.1, -0.05) is 13.8 Å². The van der Waals surface area contributed by atoms with E-state index < -0.39 is 6.04 Å². The van der Waals surface area contributed by atoms with Gasteiger partial charge in [-0.15, -0.1) is 0 Å². The zero-order chi connectivity index (χ0) is 14.7. The van der Waals surface area contributed by atoms with Gasteiger partial charge in [0.05, 0.1) is 19.7 Å². The van der Waals surface area contributed by atoms with E-state index in [1.807, 2.05) is 18.7 Å². The van der Waals surface area contributed by atoms with Crippen molar-refractivity contribution in [2.75, 3.05) is 7.11 Å². The Morgan fingerprint density at radius 1 is 1.45 bits per heavy atom. The maximum absolute atomic E-state index is 12.5. The summed E-state index contributed by atoms with van der Waals surface area (Å²) in [5.41, 5.74) is 6.66. The van der Waals surface area contributed by atoms with Crippen LogP contribution in [0.1, 0.15) is 32.4 Å². The molecule has 1 amide bonds. The van der Waals surface area contributed by atoms with Crippen molar-refractivity contribution in [3.8, 4) is 5.88 Å². The Labute approximate surface area is 119 Å². The number of hydrogen-bond donors (Lipinski definition) is 1. The Bertz CT molecular complexity index is 474. The highest BCUT2D eigenvalue weighted by Gasteiger charge is 2.36. The summed E-state index contributed by atoms with van der Waals surface area (Å²) in [6.45, 7) is 4.31. The molecule has 6 nitrogen and oxygen atoms in total. The Hall–Kier alpha value is -1.69. The monoisotopic (exact) mass is 278 g/mol. The summed E-state index contributed by atoms with van der Waals surface area (Å²) in [5.74, 6) is 0.562. The molecule has 0 bridgehead atoms. The number of amides is 1. The molecule has 1 atom stereocenters. The number of methoxy groups -OCH3 is 1. The van der Waals surface area contributed by atoms with Crippen molar-refractivity contribution in [2.24, 2.45) is 11.7 Å². The molecule has 2 N–H and O–H groups in total. The third kappa shape index (κ3) is 3.25. The SMILES string of the molecule is COc1nccnc1CN(C(=O)C(N)C(C)C)C1CC1. The lowest BCUT2D eigenvalue weighted by Crippen LogP contribution is -2.47. The van der Waals surface area contributed by atoms with E-state index in [1.54, 1.807) is 19.5 Å². The number of carbonyl (C=O) groups excluding carboxylic acids is 1. The Balaban J connectivity index is 2.16. The van der Waals surface area contributed by atoms with Crippen molar-refractivity contribution >= 4 is 5.91 Å². The van der Waals surface area contributed by atoms with Crippen LogP contribution in [0.2, 0.25) is 0 Å². The molecule has 0 aromatic carbocycles. The van der Waals surface area contributed by atoms with Crippen molar-refractivity contribution < 1.29 is 9.53 Å². The van der Waals surface area contributed by atoms with Crippen molar-refractivity contribution in [3.63, 3.8) is 0 Å². The normalized spacial score (nSPS) is 16.1. The average molecular weight is 278 g/mol. The van der Waals surface area contributed by atoms with E-state index in [1.165, 1.54) is 0 Å². The zero-order valence-electron chi connectivity index (χ0n) is 12.2. The first kappa shape index (κ1) is 14.7. The molecule has 0 radical (unpaired) electrons. The van der Waals surface area contributed by atoms with E-state index in [0.717, 1.165) is 12.8 Å². The third-order valence-corrected chi connectivity index (χ3v) is 3.52. The Kier molecular flexibility index (Phi) is 4.54. The highest BCUT2D eigenvalue weighted by Crippen LogP contribution is 2.30. The summed E-state index contributed by atoms with van der Waals surface area (Å²) >= 11 is 0. The van der Waals surface area contributed by atoms with Crippen molar-refractivity contribution in [1.82, 2.24) is 14.9 Å². The molecule has 110 valence electrons. The van der Waals surface area contributed by atoms with Crippen LogP contribution in [-0.4, -0.2) is 40.0 Å². The lowest BCUT2D eigenvalue weighted by atomic mass is 10.0. The number of hydrogen-bond acceptors (Lipinski definition) is 5. The first-order valence-electron chi connectivity index (χ1n) is 6.94. The Morgan fingerprint density at radius 2 is 2.10 bits per heavy atom. The smallest absolute Gasteiger partial charge is 0.240 e. The van der Waals surface area contributed by atoms with Gasteiger partial charge < -0.3 is 15.4 Å². The van der Waals surface area contributed by atoms with Crippen LogP contribution in [0, 0.1) is 5.92 Å². The Morgan fingerprint density at radius 3 is 2.65 bits per heavy atom. The van der Waals surface area contributed by atoms with E-state index in [2.05, 4.69) is 9.97 Å². The maximum atomic E-state index is 12.5. The molecule has 1 aromatic rings. The van der Waals surface area contributed by atoms with Crippen LogP contribution in [0.15, 0.2) is 12.4 Å². The summed E-state index contributed by atoms with van der Waals surface area (Å²) in [4.78, 5) is 22.7. The summed E-state index contributed by atoms with van der Waals surface area (Å²) in [5, 5.41) is 0. The van der Waals surface area contributed by atoms with Gasteiger partial charge >= 0.3 is 0 Å². The molecular weight excluding hydrogens is 256 g/mol. The number of carbonyl (C=O) groups is 1. The number of rotatable bonds is 6. The molecule has 2 rings (SSSR count). The minimum atomic E-state index is -0.474. The lowest BCUT2D eigenvalue weighted by Gasteiger charge is -2.27. The quantitative estimate of drug-likeness (QED) is 0.838. The van der Waals surface area contributed by atoms with E-state index in [4.69, 9.17) is 10.5 Å². The largest absolute Gasteiger partial charge is 0.480 e. The van der Waals surface area contributed by atoms with Gasteiger partial charge in [0.2, 0.25) is 11.8 Å². The van der Waals surface area contributed by atoms with Crippen LogP contribution in [0.4, 0.5) is 0 Å². The van der Waals surface area contributed by atoms with Crippen LogP contribution in [0.25, 0.3) is 0 Å². The number of nitrogens with two attached hydrogens (primary N) is 1. The summed E-state index contributed by atoms with van der Waals surface area (Å²) in [6.07, 6.45) is 5.24. The van der Waals surface area contributed by atoms with E-state index in [0.29, 0.717) is 18.1 Å². The highest BCUT2D eigenvalue weighted by molar-refractivity contribution is 5.82. The molecule has 1 aliphatic carbocycles. The fourth-order valence-corrected chi connectivity index (χ4v) is 2.04. The molecule has 1 fully saturated rings. The molecule has 1 heterocycles. The average Bonchev–Trinajstić information content (AvgIpc) is 3.28. The predicted molar refractivity (Wildman–Crippen MR) is 75.0 cm³/mol. The van der Waals surface area contributed by atoms with Crippen molar-refractivity contribution in [2.45, 2.75) is 45.3 Å². The van der Waals surface area contributed by atoms with Crippen LogP contribution >= 0.6 is 0 Å². The number of aromatic nitrogens is 2. The van der Waals surface area contributed by atoms with Crippen molar-refractivity contribution in [3.05, 3.63) is 18.1 Å². The second kappa shape index (κ2) is 6.17. The fraction of sp³-hybridized carbons (Fsp3) is 0.643. The van der Waals surface area contributed by atoms with Gasteiger partial charge in [-0.25, -0.2) is 4.98 Å². The van der Waals surface area contributed by atoms with Crippen LogP contribution < -0.4 is 10.5 Å². The van der Waals surface area contributed by atoms with Gasteiger partial charge in [0.1, 0.15) is 5.69 Å². The summed E-state index contributed by atoms with van der Waals surface area (Å²) in [6, 6.07) is -0.197. The second-order valence-corrected chi connectivity index (χ2v) is 5.48. The number of nitrogens with zero attached hydrogens (tertiary/aromatic N) is 3. The first-order chi connectivity index (χ1) is 9.54. The minimum Gasteiger partial charge on any atom is -0.480 e. The van der Waals surface area contributed by atoms with Gasteiger partial charge in [0.15, 0.2) is 0 Å². The minimum absolute atomic E-state index is 0.0183. The van der Waals surface area contributed by atoms with Crippen LogP contribution in [0.3, 0.4) is 0 Å². The summed E-state index contributed by atoms with van der Waals surface area (Å²) in [7, 11) is 1.55. The molecule has 0 spiro atoms.